The van der Waals surface area contributed by atoms with Crippen molar-refractivity contribution < 1.29 is 19.4 Å². The molecule has 1 aliphatic heterocycles. The van der Waals surface area contributed by atoms with Gasteiger partial charge in [-0.15, -0.1) is 0 Å². The van der Waals surface area contributed by atoms with E-state index in [2.05, 4.69) is 23.1 Å². The summed E-state index contributed by atoms with van der Waals surface area (Å²) >= 11 is 0. The number of hydrogen-bond donors (Lipinski definition) is 1. The highest BCUT2D eigenvalue weighted by atomic mass is 16.5. The molecule has 2 aromatic carbocycles. The quantitative estimate of drug-likeness (QED) is 0.655. The van der Waals surface area contributed by atoms with Gasteiger partial charge in [0.15, 0.2) is 17.3 Å². The van der Waals surface area contributed by atoms with Gasteiger partial charge in [-0.1, -0.05) is 43.3 Å². The third-order valence-electron chi connectivity index (χ3n) is 7.14. The zero-order valence-corrected chi connectivity index (χ0v) is 19.4. The van der Waals surface area contributed by atoms with Gasteiger partial charge in [-0.05, 0) is 55.9 Å². The first-order valence-corrected chi connectivity index (χ1v) is 11.7. The summed E-state index contributed by atoms with van der Waals surface area (Å²) in [5.41, 5.74) is 1.60. The van der Waals surface area contributed by atoms with Crippen molar-refractivity contribution in [3.05, 3.63) is 59.7 Å². The van der Waals surface area contributed by atoms with Crippen molar-refractivity contribution in [1.29, 1.82) is 0 Å². The van der Waals surface area contributed by atoms with Crippen molar-refractivity contribution in [1.82, 2.24) is 4.90 Å². The van der Waals surface area contributed by atoms with E-state index >= 15 is 0 Å². The molecule has 0 radical (unpaired) electrons. The molecule has 5 heteroatoms. The lowest BCUT2D eigenvalue weighted by Crippen LogP contribution is -2.40. The first-order valence-electron chi connectivity index (χ1n) is 11.7. The maximum atomic E-state index is 13.2. The standard InChI is InChI=1S/C27H35NO4/c1-19(29)26(30)27(2)18-28(16-20-9-5-4-6-10-20)17-23(27)21-13-14-24(31-3)25(15-21)32-22-11-7-8-12-22/h4-6,9-10,13-15,19,22-23,29H,7-8,11-12,16-18H2,1-3H3. The van der Waals surface area contributed by atoms with Gasteiger partial charge in [0.1, 0.15) is 6.10 Å². The Balaban J connectivity index is 1.64. The first-order chi connectivity index (χ1) is 15.4. The molecule has 2 fully saturated rings. The molecule has 1 saturated heterocycles. The molecule has 1 heterocycles. The number of benzene rings is 2. The number of ketones is 1. The average Bonchev–Trinajstić information content (AvgIpc) is 3.42. The smallest absolute Gasteiger partial charge is 0.168 e. The first kappa shape index (κ1) is 22.8. The van der Waals surface area contributed by atoms with Crippen molar-refractivity contribution >= 4 is 5.78 Å². The van der Waals surface area contributed by atoms with E-state index in [1.165, 1.54) is 18.4 Å². The summed E-state index contributed by atoms with van der Waals surface area (Å²) in [6, 6.07) is 16.4. The predicted octanol–water partition coefficient (Wildman–Crippen LogP) is 4.57. The topological polar surface area (TPSA) is 59.0 Å². The van der Waals surface area contributed by atoms with Crippen molar-refractivity contribution in [2.24, 2.45) is 5.41 Å². The summed E-state index contributed by atoms with van der Waals surface area (Å²) < 4.78 is 11.9. The number of Topliss-reactive ketones (excluding diaryl/α,β-unsaturated/α-hetero) is 1. The molecule has 32 heavy (non-hydrogen) atoms. The summed E-state index contributed by atoms with van der Waals surface area (Å²) in [4.78, 5) is 15.5. The highest BCUT2D eigenvalue weighted by Gasteiger charge is 2.50. The molecule has 0 aromatic heterocycles. The lowest BCUT2D eigenvalue weighted by atomic mass is 9.71. The fourth-order valence-electron chi connectivity index (χ4n) is 5.45. The molecule has 4 rings (SSSR count). The highest BCUT2D eigenvalue weighted by Crippen LogP contribution is 2.46. The number of methoxy groups -OCH3 is 1. The Kier molecular flexibility index (Phi) is 6.87. The van der Waals surface area contributed by atoms with Crippen LogP contribution in [-0.2, 0) is 11.3 Å². The second kappa shape index (κ2) is 9.63. The molecule has 0 spiro atoms. The number of carbonyl (C=O) groups excluding carboxylic acids is 1. The normalized spacial score (nSPS) is 25.1. The average molecular weight is 438 g/mol. The molecule has 1 N–H and O–H groups in total. The van der Waals surface area contributed by atoms with Crippen LogP contribution in [0.5, 0.6) is 11.5 Å². The van der Waals surface area contributed by atoms with Crippen molar-refractivity contribution in [2.45, 2.75) is 64.2 Å². The summed E-state index contributed by atoms with van der Waals surface area (Å²) in [6.07, 6.45) is 3.77. The van der Waals surface area contributed by atoms with E-state index in [4.69, 9.17) is 9.47 Å². The van der Waals surface area contributed by atoms with Crippen LogP contribution < -0.4 is 9.47 Å². The Morgan fingerprint density at radius 3 is 2.53 bits per heavy atom. The van der Waals surface area contributed by atoms with Crippen LogP contribution in [0.4, 0.5) is 0 Å². The maximum absolute atomic E-state index is 13.2. The van der Waals surface area contributed by atoms with Gasteiger partial charge in [-0.25, -0.2) is 0 Å². The number of likely N-dealkylation sites (tertiary alicyclic amines) is 1. The van der Waals surface area contributed by atoms with Gasteiger partial charge < -0.3 is 14.6 Å². The molecule has 3 atom stereocenters. The van der Waals surface area contributed by atoms with Gasteiger partial charge in [-0.2, -0.15) is 0 Å². The van der Waals surface area contributed by atoms with Crippen LogP contribution in [-0.4, -0.2) is 48.2 Å². The highest BCUT2D eigenvalue weighted by molar-refractivity contribution is 5.89. The monoisotopic (exact) mass is 437 g/mol. The lowest BCUT2D eigenvalue weighted by Gasteiger charge is -2.31. The van der Waals surface area contributed by atoms with Crippen LogP contribution in [0.15, 0.2) is 48.5 Å². The number of ether oxygens (including phenoxy) is 2. The molecule has 5 nitrogen and oxygen atoms in total. The van der Waals surface area contributed by atoms with Gasteiger partial charge in [0.25, 0.3) is 0 Å². The third kappa shape index (κ3) is 4.69. The van der Waals surface area contributed by atoms with Crippen LogP contribution >= 0.6 is 0 Å². The van der Waals surface area contributed by atoms with E-state index in [0.717, 1.165) is 43.0 Å². The molecule has 0 bridgehead atoms. The molecule has 0 amide bonds. The van der Waals surface area contributed by atoms with Gasteiger partial charge in [-0.3, -0.25) is 9.69 Å². The Labute approximate surface area is 191 Å². The second-order valence-corrected chi connectivity index (χ2v) is 9.60. The summed E-state index contributed by atoms with van der Waals surface area (Å²) in [5, 5.41) is 10.2. The molecular weight excluding hydrogens is 402 g/mol. The van der Waals surface area contributed by atoms with Gasteiger partial charge >= 0.3 is 0 Å². The van der Waals surface area contributed by atoms with E-state index in [-0.39, 0.29) is 17.8 Å². The summed E-state index contributed by atoms with van der Waals surface area (Å²) in [6.45, 7) is 5.72. The minimum absolute atomic E-state index is 0.0369. The third-order valence-corrected chi connectivity index (χ3v) is 7.14. The van der Waals surface area contributed by atoms with Crippen LogP contribution in [0.25, 0.3) is 0 Å². The van der Waals surface area contributed by atoms with E-state index in [1.807, 2.05) is 37.3 Å². The predicted molar refractivity (Wildman–Crippen MR) is 125 cm³/mol. The summed E-state index contributed by atoms with van der Waals surface area (Å²) in [5.74, 6) is 1.34. The molecule has 1 saturated carbocycles. The number of carbonyl (C=O) groups is 1. The molecule has 2 aromatic rings. The fourth-order valence-corrected chi connectivity index (χ4v) is 5.45. The van der Waals surface area contributed by atoms with Crippen molar-refractivity contribution in [3.63, 3.8) is 0 Å². The van der Waals surface area contributed by atoms with E-state index in [1.54, 1.807) is 14.0 Å². The number of hydrogen-bond acceptors (Lipinski definition) is 5. The Bertz CT molecular complexity index is 923. The van der Waals surface area contributed by atoms with Gasteiger partial charge in [0, 0.05) is 31.0 Å². The number of rotatable bonds is 8. The summed E-state index contributed by atoms with van der Waals surface area (Å²) in [7, 11) is 1.66. The van der Waals surface area contributed by atoms with E-state index in [9.17, 15) is 9.90 Å². The number of aliphatic hydroxyl groups excluding tert-OH is 1. The van der Waals surface area contributed by atoms with Crippen molar-refractivity contribution in [3.8, 4) is 11.5 Å². The van der Waals surface area contributed by atoms with Crippen molar-refractivity contribution in [2.75, 3.05) is 20.2 Å². The largest absolute Gasteiger partial charge is 0.493 e. The maximum Gasteiger partial charge on any atom is 0.168 e. The van der Waals surface area contributed by atoms with E-state index < -0.39 is 11.5 Å². The SMILES string of the molecule is COc1ccc(C2CN(Cc3ccccc3)CC2(C)C(=O)C(C)O)cc1OC1CCCC1. The molecule has 1 aliphatic carbocycles. The minimum Gasteiger partial charge on any atom is -0.493 e. The Hall–Kier alpha value is -2.37. The Morgan fingerprint density at radius 1 is 1.16 bits per heavy atom. The van der Waals surface area contributed by atoms with Crippen LogP contribution in [0.2, 0.25) is 0 Å². The fraction of sp³-hybridized carbons (Fsp3) is 0.519. The lowest BCUT2D eigenvalue weighted by molar-refractivity contribution is -0.135. The zero-order valence-electron chi connectivity index (χ0n) is 19.4. The van der Waals surface area contributed by atoms with Crippen LogP contribution in [0, 0.1) is 5.41 Å². The minimum atomic E-state index is -0.994. The Morgan fingerprint density at radius 2 is 1.88 bits per heavy atom. The van der Waals surface area contributed by atoms with Gasteiger partial charge in [0.2, 0.25) is 0 Å². The second-order valence-electron chi connectivity index (χ2n) is 9.60. The molecule has 2 aliphatic rings. The van der Waals surface area contributed by atoms with Crippen LogP contribution in [0.1, 0.15) is 56.6 Å². The number of nitrogens with zero attached hydrogens (tertiary/aromatic N) is 1. The van der Waals surface area contributed by atoms with E-state index in [0.29, 0.717) is 6.54 Å². The van der Waals surface area contributed by atoms with Crippen LogP contribution in [0.3, 0.4) is 0 Å². The zero-order chi connectivity index (χ0) is 22.7. The molecule has 3 unspecified atom stereocenters. The molecular formula is C27H35NO4. The van der Waals surface area contributed by atoms with Gasteiger partial charge in [0.05, 0.1) is 13.2 Å². The molecule has 172 valence electrons. The number of aliphatic hydroxyl groups is 1.